The van der Waals surface area contributed by atoms with Crippen molar-refractivity contribution in [2.45, 2.75) is 26.4 Å². The van der Waals surface area contributed by atoms with E-state index in [9.17, 15) is 4.79 Å². The van der Waals surface area contributed by atoms with E-state index >= 15 is 0 Å². The third kappa shape index (κ3) is 4.63. The number of benzene rings is 2. The highest BCUT2D eigenvalue weighted by molar-refractivity contribution is 6.32. The fourth-order valence-corrected chi connectivity index (χ4v) is 2.31. The molecule has 1 atom stereocenters. The molecule has 0 saturated carbocycles. The number of carbonyl (C=O) groups is 1. The lowest BCUT2D eigenvalue weighted by Gasteiger charge is -2.15. The predicted molar refractivity (Wildman–Crippen MR) is 92.5 cm³/mol. The average molecular weight is 334 g/mol. The van der Waals surface area contributed by atoms with Gasteiger partial charge in [-0.25, -0.2) is 0 Å². The Kier molecular flexibility index (Phi) is 5.88. The summed E-state index contributed by atoms with van der Waals surface area (Å²) in [6, 6.07) is 12.8. The number of methoxy groups -OCH3 is 1. The maximum Gasteiger partial charge on any atom is 0.265 e. The minimum absolute atomic E-state index is 0.245. The van der Waals surface area contributed by atoms with Gasteiger partial charge in [-0.3, -0.25) is 4.79 Å². The Balaban J connectivity index is 1.97. The molecule has 2 aromatic rings. The van der Waals surface area contributed by atoms with Gasteiger partial charge in [0.25, 0.3) is 5.91 Å². The molecule has 122 valence electrons. The van der Waals surface area contributed by atoms with E-state index in [4.69, 9.17) is 21.1 Å². The summed E-state index contributed by atoms with van der Waals surface area (Å²) >= 11 is 6.04. The summed E-state index contributed by atoms with van der Waals surface area (Å²) in [5.74, 6) is 0.980. The van der Waals surface area contributed by atoms with E-state index in [1.165, 1.54) is 5.56 Å². The van der Waals surface area contributed by atoms with E-state index in [0.717, 1.165) is 6.42 Å². The lowest BCUT2D eigenvalue weighted by Crippen LogP contribution is -2.30. The summed E-state index contributed by atoms with van der Waals surface area (Å²) in [7, 11) is 1.54. The second-order valence-corrected chi connectivity index (χ2v) is 5.50. The number of hydrogen-bond acceptors (Lipinski definition) is 3. The number of hydrogen-bond donors (Lipinski definition) is 1. The van der Waals surface area contributed by atoms with Crippen LogP contribution < -0.4 is 14.8 Å². The highest BCUT2D eigenvalue weighted by Gasteiger charge is 2.15. The second-order valence-electron chi connectivity index (χ2n) is 5.10. The molecule has 2 aromatic carbocycles. The number of halogens is 1. The highest BCUT2D eigenvalue weighted by atomic mass is 35.5. The summed E-state index contributed by atoms with van der Waals surface area (Å²) in [5.41, 5.74) is 1.82. The Morgan fingerprint density at radius 3 is 2.48 bits per heavy atom. The summed E-state index contributed by atoms with van der Waals surface area (Å²) < 4.78 is 10.7. The standard InChI is InChI=1S/C18H20ClNO3/c1-4-13-5-8-15(9-6-13)23-12(2)18(21)20-14-7-10-17(22-3)16(19)11-14/h5-12H,4H2,1-3H3,(H,20,21). The summed E-state index contributed by atoms with van der Waals surface area (Å²) in [6.45, 7) is 3.79. The molecule has 0 aromatic heterocycles. The first-order valence-corrected chi connectivity index (χ1v) is 7.81. The van der Waals surface area contributed by atoms with E-state index in [1.54, 1.807) is 32.2 Å². The number of nitrogens with one attached hydrogen (secondary N) is 1. The van der Waals surface area contributed by atoms with Crippen molar-refractivity contribution in [2.24, 2.45) is 0 Å². The summed E-state index contributed by atoms with van der Waals surface area (Å²) in [4.78, 5) is 12.2. The van der Waals surface area contributed by atoms with Gasteiger partial charge in [0.05, 0.1) is 12.1 Å². The minimum Gasteiger partial charge on any atom is -0.495 e. The number of rotatable bonds is 6. The van der Waals surface area contributed by atoms with Crippen molar-refractivity contribution in [3.8, 4) is 11.5 Å². The van der Waals surface area contributed by atoms with Gasteiger partial charge in [-0.2, -0.15) is 0 Å². The molecular weight excluding hydrogens is 314 g/mol. The van der Waals surface area contributed by atoms with Gasteiger partial charge in [0.1, 0.15) is 11.5 Å². The van der Waals surface area contributed by atoms with Crippen LogP contribution in [0.15, 0.2) is 42.5 Å². The van der Waals surface area contributed by atoms with Crippen molar-refractivity contribution in [2.75, 3.05) is 12.4 Å². The molecule has 0 heterocycles. The van der Waals surface area contributed by atoms with Crippen LogP contribution in [0.25, 0.3) is 0 Å². The molecule has 1 N–H and O–H groups in total. The number of carbonyl (C=O) groups excluding carboxylic acids is 1. The monoisotopic (exact) mass is 333 g/mol. The van der Waals surface area contributed by atoms with Gasteiger partial charge >= 0.3 is 0 Å². The Bertz CT molecular complexity index is 670. The van der Waals surface area contributed by atoms with Gasteiger partial charge in [-0.05, 0) is 49.2 Å². The van der Waals surface area contributed by atoms with Gasteiger partial charge < -0.3 is 14.8 Å². The van der Waals surface area contributed by atoms with Gasteiger partial charge in [-0.1, -0.05) is 30.7 Å². The smallest absolute Gasteiger partial charge is 0.265 e. The van der Waals surface area contributed by atoms with E-state index in [1.807, 2.05) is 24.3 Å². The van der Waals surface area contributed by atoms with Crippen LogP contribution in [0.5, 0.6) is 11.5 Å². The molecule has 0 aliphatic rings. The van der Waals surface area contributed by atoms with Gasteiger partial charge in [-0.15, -0.1) is 0 Å². The summed E-state index contributed by atoms with van der Waals surface area (Å²) in [5, 5.41) is 3.21. The van der Waals surface area contributed by atoms with Crippen LogP contribution in [0.1, 0.15) is 19.4 Å². The van der Waals surface area contributed by atoms with Gasteiger partial charge in [0, 0.05) is 5.69 Å². The molecule has 0 aliphatic carbocycles. The van der Waals surface area contributed by atoms with Crippen LogP contribution in [-0.2, 0) is 11.2 Å². The van der Waals surface area contributed by atoms with Crippen molar-refractivity contribution in [3.63, 3.8) is 0 Å². The van der Waals surface area contributed by atoms with Gasteiger partial charge in [0.2, 0.25) is 0 Å². The minimum atomic E-state index is -0.622. The Hall–Kier alpha value is -2.20. The third-order valence-electron chi connectivity index (χ3n) is 3.43. The molecule has 0 radical (unpaired) electrons. The maximum absolute atomic E-state index is 12.2. The van der Waals surface area contributed by atoms with E-state index < -0.39 is 6.10 Å². The zero-order valence-electron chi connectivity index (χ0n) is 13.4. The Morgan fingerprint density at radius 2 is 1.91 bits per heavy atom. The van der Waals surface area contributed by atoms with Crippen LogP contribution in [-0.4, -0.2) is 19.1 Å². The first-order chi connectivity index (χ1) is 11.0. The van der Waals surface area contributed by atoms with Gasteiger partial charge in [0.15, 0.2) is 6.10 Å². The van der Waals surface area contributed by atoms with Crippen molar-refractivity contribution in [1.29, 1.82) is 0 Å². The largest absolute Gasteiger partial charge is 0.495 e. The fourth-order valence-electron chi connectivity index (χ4n) is 2.05. The topological polar surface area (TPSA) is 47.6 Å². The molecule has 0 fully saturated rings. The molecule has 2 rings (SSSR count). The maximum atomic E-state index is 12.2. The van der Waals surface area contributed by atoms with Crippen molar-refractivity contribution < 1.29 is 14.3 Å². The zero-order chi connectivity index (χ0) is 16.8. The fraction of sp³-hybridized carbons (Fsp3) is 0.278. The van der Waals surface area contributed by atoms with Crippen molar-refractivity contribution in [1.82, 2.24) is 0 Å². The Labute approximate surface area is 141 Å². The van der Waals surface area contributed by atoms with Crippen LogP contribution in [0.4, 0.5) is 5.69 Å². The first kappa shape index (κ1) is 17.2. The Morgan fingerprint density at radius 1 is 1.22 bits per heavy atom. The van der Waals surface area contributed by atoms with E-state index in [-0.39, 0.29) is 5.91 Å². The normalized spacial score (nSPS) is 11.7. The number of amides is 1. The van der Waals surface area contributed by atoms with Crippen LogP contribution >= 0.6 is 11.6 Å². The lowest BCUT2D eigenvalue weighted by molar-refractivity contribution is -0.122. The first-order valence-electron chi connectivity index (χ1n) is 7.43. The molecular formula is C18H20ClNO3. The number of ether oxygens (including phenoxy) is 2. The zero-order valence-corrected chi connectivity index (χ0v) is 14.2. The molecule has 0 spiro atoms. The SMILES string of the molecule is CCc1ccc(OC(C)C(=O)Nc2ccc(OC)c(Cl)c2)cc1. The van der Waals surface area contributed by atoms with Crippen LogP contribution in [0.2, 0.25) is 5.02 Å². The van der Waals surface area contributed by atoms with E-state index in [0.29, 0.717) is 22.2 Å². The molecule has 1 unspecified atom stereocenters. The molecule has 0 saturated heterocycles. The predicted octanol–water partition coefficient (Wildman–Crippen LogP) is 4.32. The molecule has 4 nitrogen and oxygen atoms in total. The molecule has 0 bridgehead atoms. The lowest BCUT2D eigenvalue weighted by atomic mass is 10.2. The molecule has 5 heteroatoms. The van der Waals surface area contributed by atoms with Crippen molar-refractivity contribution in [3.05, 3.63) is 53.1 Å². The second kappa shape index (κ2) is 7.88. The van der Waals surface area contributed by atoms with Crippen LogP contribution in [0.3, 0.4) is 0 Å². The summed E-state index contributed by atoms with van der Waals surface area (Å²) in [6.07, 6.45) is 0.345. The average Bonchev–Trinajstić information content (AvgIpc) is 2.55. The molecule has 0 aliphatic heterocycles. The molecule has 1 amide bonds. The quantitative estimate of drug-likeness (QED) is 0.856. The highest BCUT2D eigenvalue weighted by Crippen LogP contribution is 2.27. The number of anilines is 1. The van der Waals surface area contributed by atoms with Crippen LogP contribution in [0, 0.1) is 0 Å². The third-order valence-corrected chi connectivity index (χ3v) is 3.73. The number of aryl methyl sites for hydroxylation is 1. The van der Waals surface area contributed by atoms with Crippen molar-refractivity contribution >= 4 is 23.2 Å². The van der Waals surface area contributed by atoms with E-state index in [2.05, 4.69) is 12.2 Å². The molecule has 23 heavy (non-hydrogen) atoms.